The Balaban J connectivity index is 2.87. The maximum atomic E-state index is 11.5. The fraction of sp³-hybridized carbons (Fsp3) is 0.333. The van der Waals surface area contributed by atoms with E-state index >= 15 is 0 Å². The zero-order chi connectivity index (χ0) is 12.2. The summed E-state index contributed by atoms with van der Waals surface area (Å²) in [7, 11) is 0. The SMILES string of the molecule is CC(=O)OC(C)(Sc1ccccc1)C(C)=O. The molecule has 16 heavy (non-hydrogen) atoms. The minimum absolute atomic E-state index is 0.184. The Kier molecular flexibility index (Phi) is 4.12. The zero-order valence-electron chi connectivity index (χ0n) is 9.52. The van der Waals surface area contributed by atoms with E-state index in [-0.39, 0.29) is 5.78 Å². The Bertz CT molecular complexity index is 389. The molecule has 0 fully saturated rings. The summed E-state index contributed by atoms with van der Waals surface area (Å²) in [5.41, 5.74) is 0. The number of hydrogen-bond acceptors (Lipinski definition) is 4. The second kappa shape index (κ2) is 5.16. The molecule has 1 unspecified atom stereocenters. The first-order valence-corrected chi connectivity index (χ1v) is 5.70. The van der Waals surface area contributed by atoms with Crippen molar-refractivity contribution in [2.75, 3.05) is 0 Å². The maximum absolute atomic E-state index is 11.5. The Morgan fingerprint density at radius 3 is 2.19 bits per heavy atom. The lowest BCUT2D eigenvalue weighted by atomic mass is 10.3. The van der Waals surface area contributed by atoms with Crippen LogP contribution >= 0.6 is 11.8 Å². The number of ether oxygens (including phenoxy) is 1. The van der Waals surface area contributed by atoms with Crippen LogP contribution in [0.3, 0.4) is 0 Å². The van der Waals surface area contributed by atoms with E-state index in [0.29, 0.717) is 0 Å². The third-order valence-corrected chi connectivity index (χ3v) is 3.30. The van der Waals surface area contributed by atoms with Gasteiger partial charge >= 0.3 is 5.97 Å². The summed E-state index contributed by atoms with van der Waals surface area (Å²) in [5, 5.41) is 0. The van der Waals surface area contributed by atoms with Gasteiger partial charge in [-0.15, -0.1) is 0 Å². The summed E-state index contributed by atoms with van der Waals surface area (Å²) >= 11 is 1.23. The topological polar surface area (TPSA) is 43.4 Å². The summed E-state index contributed by atoms with van der Waals surface area (Å²) in [6.45, 7) is 4.32. The first-order valence-electron chi connectivity index (χ1n) is 4.89. The van der Waals surface area contributed by atoms with Crippen LogP contribution in [-0.2, 0) is 14.3 Å². The molecule has 1 atom stereocenters. The molecule has 1 aromatic carbocycles. The lowest BCUT2D eigenvalue weighted by molar-refractivity contribution is -0.154. The van der Waals surface area contributed by atoms with Gasteiger partial charge in [0.15, 0.2) is 5.78 Å². The molecular weight excluding hydrogens is 224 g/mol. The molecular formula is C12H14O3S. The van der Waals surface area contributed by atoms with Crippen molar-refractivity contribution in [3.05, 3.63) is 30.3 Å². The number of rotatable bonds is 4. The van der Waals surface area contributed by atoms with Crippen LogP contribution in [-0.4, -0.2) is 16.7 Å². The molecule has 0 saturated carbocycles. The smallest absolute Gasteiger partial charge is 0.304 e. The molecule has 0 aromatic heterocycles. The normalized spacial score (nSPS) is 13.9. The van der Waals surface area contributed by atoms with Crippen molar-refractivity contribution in [1.82, 2.24) is 0 Å². The van der Waals surface area contributed by atoms with E-state index in [0.717, 1.165) is 4.90 Å². The molecule has 0 heterocycles. The third kappa shape index (κ3) is 3.38. The average Bonchev–Trinajstić information content (AvgIpc) is 2.17. The number of carbonyl (C=O) groups excluding carboxylic acids is 2. The molecule has 3 nitrogen and oxygen atoms in total. The van der Waals surface area contributed by atoms with E-state index in [9.17, 15) is 9.59 Å². The molecule has 0 radical (unpaired) electrons. The highest BCUT2D eigenvalue weighted by molar-refractivity contribution is 8.01. The van der Waals surface area contributed by atoms with Crippen LogP contribution in [0.1, 0.15) is 20.8 Å². The van der Waals surface area contributed by atoms with Gasteiger partial charge in [0, 0.05) is 11.8 Å². The fourth-order valence-electron chi connectivity index (χ4n) is 1.15. The van der Waals surface area contributed by atoms with Gasteiger partial charge in [-0.2, -0.15) is 0 Å². The van der Waals surface area contributed by atoms with Crippen LogP contribution in [0.5, 0.6) is 0 Å². The summed E-state index contributed by atoms with van der Waals surface area (Å²) in [4.78, 5) is 22.2. The molecule has 86 valence electrons. The standard InChI is InChI=1S/C12H14O3S/c1-9(13)12(3,15-10(2)14)16-11-7-5-4-6-8-11/h4-8H,1-3H3. The van der Waals surface area contributed by atoms with Gasteiger partial charge in [0.05, 0.1) is 0 Å². The molecule has 0 aliphatic rings. The summed E-state index contributed by atoms with van der Waals surface area (Å²) in [6, 6.07) is 9.37. The fourth-order valence-corrected chi connectivity index (χ4v) is 2.20. The van der Waals surface area contributed by atoms with Gasteiger partial charge in [-0.3, -0.25) is 9.59 Å². The Morgan fingerprint density at radius 1 is 1.19 bits per heavy atom. The van der Waals surface area contributed by atoms with Gasteiger partial charge in [-0.05, 0) is 26.0 Å². The van der Waals surface area contributed by atoms with Crippen LogP contribution in [0.15, 0.2) is 35.2 Å². The molecule has 4 heteroatoms. The highest BCUT2D eigenvalue weighted by Gasteiger charge is 2.34. The lowest BCUT2D eigenvalue weighted by Gasteiger charge is -2.25. The second-order valence-corrected chi connectivity index (χ2v) is 4.97. The minimum Gasteiger partial charge on any atom is -0.440 e. The Labute approximate surface area is 99.2 Å². The number of thioether (sulfide) groups is 1. The van der Waals surface area contributed by atoms with E-state index in [4.69, 9.17) is 4.74 Å². The molecule has 0 aliphatic heterocycles. The second-order valence-electron chi connectivity index (χ2n) is 3.51. The van der Waals surface area contributed by atoms with Gasteiger partial charge in [0.2, 0.25) is 4.93 Å². The highest BCUT2D eigenvalue weighted by atomic mass is 32.2. The van der Waals surface area contributed by atoms with Gasteiger partial charge in [-0.25, -0.2) is 0 Å². The number of esters is 1. The van der Waals surface area contributed by atoms with Crippen molar-refractivity contribution < 1.29 is 14.3 Å². The molecule has 0 N–H and O–H groups in total. The first-order chi connectivity index (χ1) is 7.44. The lowest BCUT2D eigenvalue weighted by Crippen LogP contribution is -2.34. The van der Waals surface area contributed by atoms with Crippen molar-refractivity contribution in [3.8, 4) is 0 Å². The molecule has 1 aromatic rings. The molecule has 0 saturated heterocycles. The maximum Gasteiger partial charge on any atom is 0.304 e. The van der Waals surface area contributed by atoms with Crippen LogP contribution in [0.2, 0.25) is 0 Å². The van der Waals surface area contributed by atoms with Crippen LogP contribution in [0.25, 0.3) is 0 Å². The molecule has 0 spiro atoms. The number of benzene rings is 1. The quantitative estimate of drug-likeness (QED) is 0.459. The zero-order valence-corrected chi connectivity index (χ0v) is 10.3. The van der Waals surface area contributed by atoms with Crippen LogP contribution < -0.4 is 0 Å². The van der Waals surface area contributed by atoms with Crippen molar-refractivity contribution in [1.29, 1.82) is 0 Å². The minimum atomic E-state index is -1.15. The largest absolute Gasteiger partial charge is 0.440 e. The molecule has 0 aliphatic carbocycles. The van der Waals surface area contributed by atoms with Crippen molar-refractivity contribution in [2.45, 2.75) is 30.6 Å². The number of hydrogen-bond donors (Lipinski definition) is 0. The van der Waals surface area contributed by atoms with E-state index in [1.54, 1.807) is 6.92 Å². The number of ketones is 1. The molecule has 0 amide bonds. The monoisotopic (exact) mass is 238 g/mol. The van der Waals surface area contributed by atoms with Crippen molar-refractivity contribution in [3.63, 3.8) is 0 Å². The van der Waals surface area contributed by atoms with Gasteiger partial charge in [-0.1, -0.05) is 30.0 Å². The summed E-state index contributed by atoms with van der Waals surface area (Å²) in [5.74, 6) is -0.641. The van der Waals surface area contributed by atoms with E-state index in [1.165, 1.54) is 25.6 Å². The van der Waals surface area contributed by atoms with Gasteiger partial charge < -0.3 is 4.74 Å². The van der Waals surface area contributed by atoms with Crippen molar-refractivity contribution in [2.24, 2.45) is 0 Å². The number of carbonyl (C=O) groups is 2. The predicted molar refractivity (Wildman–Crippen MR) is 63.2 cm³/mol. The van der Waals surface area contributed by atoms with Crippen molar-refractivity contribution >= 4 is 23.5 Å². The summed E-state index contributed by atoms with van der Waals surface area (Å²) in [6.07, 6.45) is 0. The van der Waals surface area contributed by atoms with E-state index in [2.05, 4.69) is 0 Å². The third-order valence-electron chi connectivity index (χ3n) is 2.03. The summed E-state index contributed by atoms with van der Waals surface area (Å²) < 4.78 is 5.08. The Morgan fingerprint density at radius 2 is 1.75 bits per heavy atom. The molecule has 0 bridgehead atoms. The van der Waals surface area contributed by atoms with Crippen LogP contribution in [0, 0.1) is 0 Å². The highest BCUT2D eigenvalue weighted by Crippen LogP contribution is 2.34. The number of Topliss-reactive ketones (excluding diaryl/α,β-unsaturated/α-hetero) is 1. The van der Waals surface area contributed by atoms with Gasteiger partial charge in [0.1, 0.15) is 0 Å². The van der Waals surface area contributed by atoms with Crippen LogP contribution in [0.4, 0.5) is 0 Å². The Hall–Kier alpha value is -1.29. The average molecular weight is 238 g/mol. The first kappa shape index (κ1) is 12.8. The predicted octanol–water partition coefficient (Wildman–Crippen LogP) is 2.65. The molecule has 1 rings (SSSR count). The van der Waals surface area contributed by atoms with Gasteiger partial charge in [0.25, 0.3) is 0 Å². The van der Waals surface area contributed by atoms with E-state index in [1.807, 2.05) is 30.3 Å². The van der Waals surface area contributed by atoms with E-state index < -0.39 is 10.9 Å².